The molecule has 4 nitrogen and oxygen atoms in total. The maximum absolute atomic E-state index is 8.93. The van der Waals surface area contributed by atoms with Gasteiger partial charge in [-0.1, -0.05) is 0 Å². The van der Waals surface area contributed by atoms with Crippen molar-refractivity contribution >= 4 is 0 Å². The van der Waals surface area contributed by atoms with E-state index >= 15 is 0 Å². The quantitative estimate of drug-likeness (QED) is 0.438. The van der Waals surface area contributed by atoms with E-state index in [0.29, 0.717) is 12.8 Å². The molecule has 1 aliphatic heterocycles. The maximum atomic E-state index is 8.93. The van der Waals surface area contributed by atoms with Crippen molar-refractivity contribution in [1.29, 1.82) is 0 Å². The van der Waals surface area contributed by atoms with Crippen molar-refractivity contribution in [2.45, 2.75) is 31.3 Å². The van der Waals surface area contributed by atoms with Gasteiger partial charge in [-0.2, -0.15) is 0 Å². The number of hydrogen-bond donors (Lipinski definition) is 3. The van der Waals surface area contributed by atoms with Gasteiger partial charge in [0.1, 0.15) is 6.10 Å². The minimum absolute atomic E-state index is 0.0935. The van der Waals surface area contributed by atoms with Crippen LogP contribution in [0.5, 0.6) is 0 Å². The van der Waals surface area contributed by atoms with Crippen molar-refractivity contribution in [1.82, 2.24) is 0 Å². The monoisotopic (exact) mass is 148 g/mol. The molecule has 0 aromatic rings. The summed E-state index contributed by atoms with van der Waals surface area (Å²) in [5, 5.41) is 26.4. The molecular weight excluding hydrogens is 136 g/mol. The van der Waals surface area contributed by atoms with Crippen LogP contribution >= 0.6 is 0 Å². The summed E-state index contributed by atoms with van der Waals surface area (Å²) in [6.45, 7) is -0.0935. The first-order valence-corrected chi connectivity index (χ1v) is 3.36. The third-order valence-corrected chi connectivity index (χ3v) is 1.65. The second kappa shape index (κ2) is 3.30. The van der Waals surface area contributed by atoms with Crippen LogP contribution in [0.1, 0.15) is 12.8 Å². The van der Waals surface area contributed by atoms with E-state index in [0.717, 1.165) is 0 Å². The molecule has 3 N–H and O–H groups in total. The first-order chi connectivity index (χ1) is 4.74. The van der Waals surface area contributed by atoms with Crippen molar-refractivity contribution in [3.8, 4) is 0 Å². The topological polar surface area (TPSA) is 69.9 Å². The van der Waals surface area contributed by atoms with Gasteiger partial charge in [-0.15, -0.1) is 0 Å². The van der Waals surface area contributed by atoms with Gasteiger partial charge >= 0.3 is 0 Å². The molecule has 0 spiro atoms. The Morgan fingerprint density at radius 3 is 2.50 bits per heavy atom. The van der Waals surface area contributed by atoms with Crippen LogP contribution in [0.2, 0.25) is 0 Å². The van der Waals surface area contributed by atoms with E-state index in [9.17, 15) is 0 Å². The first kappa shape index (κ1) is 7.94. The highest BCUT2D eigenvalue weighted by atomic mass is 16.6. The second-order valence-corrected chi connectivity index (χ2v) is 2.48. The molecular formula is C6H12O4. The predicted molar refractivity (Wildman–Crippen MR) is 33.2 cm³/mol. The molecule has 1 aliphatic rings. The molecule has 1 rings (SSSR count). The number of aliphatic hydroxyl groups is 3. The Hall–Kier alpha value is -0.160. The standard InChI is InChI=1S/C6H12O4/c7-3-4-1-2-5(8)6(9)10-4/h4-9H,1-3H2/t4?,5-,6-/m0/s1. The molecule has 0 amide bonds. The normalized spacial score (nSPS) is 41.7. The van der Waals surface area contributed by atoms with Gasteiger partial charge < -0.3 is 20.1 Å². The van der Waals surface area contributed by atoms with Crippen LogP contribution in [0.4, 0.5) is 0 Å². The Kier molecular flexibility index (Phi) is 2.62. The van der Waals surface area contributed by atoms with Crippen molar-refractivity contribution < 1.29 is 20.1 Å². The van der Waals surface area contributed by atoms with Gasteiger partial charge in [-0.3, -0.25) is 0 Å². The van der Waals surface area contributed by atoms with Crippen LogP contribution in [0, 0.1) is 0 Å². The number of ether oxygens (including phenoxy) is 1. The van der Waals surface area contributed by atoms with Crippen LogP contribution in [0.15, 0.2) is 0 Å². The van der Waals surface area contributed by atoms with E-state index in [-0.39, 0.29) is 12.7 Å². The summed E-state index contributed by atoms with van der Waals surface area (Å²) in [4.78, 5) is 0. The van der Waals surface area contributed by atoms with Crippen molar-refractivity contribution in [3.05, 3.63) is 0 Å². The maximum Gasteiger partial charge on any atom is 0.181 e. The third kappa shape index (κ3) is 1.67. The molecule has 1 heterocycles. The Balaban J connectivity index is 2.33. The fraction of sp³-hybridized carbons (Fsp3) is 1.00. The molecule has 3 atom stereocenters. The molecule has 0 saturated carbocycles. The van der Waals surface area contributed by atoms with Gasteiger partial charge in [0.05, 0.1) is 12.7 Å². The SMILES string of the molecule is OCC1CC[C@H](O)[C@@H](O)O1. The van der Waals surface area contributed by atoms with Gasteiger partial charge in [0, 0.05) is 0 Å². The minimum atomic E-state index is -1.12. The summed E-state index contributed by atoms with van der Waals surface area (Å²) in [5.74, 6) is 0. The lowest BCUT2D eigenvalue weighted by atomic mass is 10.1. The third-order valence-electron chi connectivity index (χ3n) is 1.65. The highest BCUT2D eigenvalue weighted by molar-refractivity contribution is 4.70. The Bertz CT molecular complexity index is 106. The largest absolute Gasteiger partial charge is 0.394 e. The molecule has 60 valence electrons. The molecule has 1 unspecified atom stereocenters. The molecule has 0 aromatic heterocycles. The smallest absolute Gasteiger partial charge is 0.181 e. The molecule has 0 aromatic carbocycles. The van der Waals surface area contributed by atoms with E-state index in [1.807, 2.05) is 0 Å². The molecule has 4 heteroatoms. The molecule has 1 saturated heterocycles. The number of rotatable bonds is 1. The Morgan fingerprint density at radius 2 is 2.00 bits per heavy atom. The predicted octanol–water partition coefficient (Wildman–Crippen LogP) is -1.16. The highest BCUT2D eigenvalue weighted by Crippen LogP contribution is 2.17. The van der Waals surface area contributed by atoms with Gasteiger partial charge in [0.25, 0.3) is 0 Å². The van der Waals surface area contributed by atoms with E-state index in [2.05, 4.69) is 0 Å². The number of hydrogen-bond acceptors (Lipinski definition) is 4. The van der Waals surface area contributed by atoms with E-state index in [1.54, 1.807) is 0 Å². The highest BCUT2D eigenvalue weighted by Gasteiger charge is 2.27. The fourth-order valence-electron chi connectivity index (χ4n) is 0.989. The number of aliphatic hydroxyl groups excluding tert-OH is 3. The van der Waals surface area contributed by atoms with Gasteiger partial charge in [-0.05, 0) is 12.8 Å². The lowest BCUT2D eigenvalue weighted by molar-refractivity contribution is -0.221. The second-order valence-electron chi connectivity index (χ2n) is 2.48. The van der Waals surface area contributed by atoms with E-state index in [1.165, 1.54) is 0 Å². The zero-order valence-electron chi connectivity index (χ0n) is 5.60. The molecule has 1 fully saturated rings. The molecule has 10 heavy (non-hydrogen) atoms. The lowest BCUT2D eigenvalue weighted by Crippen LogP contribution is -2.39. The first-order valence-electron chi connectivity index (χ1n) is 3.36. The zero-order valence-corrected chi connectivity index (χ0v) is 5.60. The molecule has 0 radical (unpaired) electrons. The van der Waals surface area contributed by atoms with Crippen molar-refractivity contribution in [2.24, 2.45) is 0 Å². The lowest BCUT2D eigenvalue weighted by Gasteiger charge is -2.29. The van der Waals surface area contributed by atoms with E-state index < -0.39 is 12.4 Å². The Labute approximate surface area is 59.1 Å². The van der Waals surface area contributed by atoms with Crippen LogP contribution in [0.3, 0.4) is 0 Å². The molecule has 0 bridgehead atoms. The summed E-state index contributed by atoms with van der Waals surface area (Å²) in [5.41, 5.74) is 0. The van der Waals surface area contributed by atoms with Crippen LogP contribution in [-0.4, -0.2) is 40.4 Å². The zero-order chi connectivity index (χ0) is 7.56. The average Bonchev–Trinajstić information content (AvgIpc) is 1.95. The minimum Gasteiger partial charge on any atom is -0.394 e. The van der Waals surface area contributed by atoms with Crippen LogP contribution < -0.4 is 0 Å². The summed E-state index contributed by atoms with van der Waals surface area (Å²) in [6, 6.07) is 0. The fourth-order valence-corrected chi connectivity index (χ4v) is 0.989. The molecule has 0 aliphatic carbocycles. The Morgan fingerprint density at radius 1 is 1.30 bits per heavy atom. The van der Waals surface area contributed by atoms with Crippen LogP contribution in [-0.2, 0) is 4.74 Å². The van der Waals surface area contributed by atoms with Crippen molar-refractivity contribution in [2.75, 3.05) is 6.61 Å². The average molecular weight is 148 g/mol. The van der Waals surface area contributed by atoms with Gasteiger partial charge in [0.2, 0.25) is 0 Å². The van der Waals surface area contributed by atoms with Gasteiger partial charge in [-0.25, -0.2) is 0 Å². The summed E-state index contributed by atoms with van der Waals surface area (Å²) >= 11 is 0. The van der Waals surface area contributed by atoms with Gasteiger partial charge in [0.15, 0.2) is 6.29 Å². The summed E-state index contributed by atoms with van der Waals surface area (Å²) in [6.07, 6.45) is -1.12. The summed E-state index contributed by atoms with van der Waals surface area (Å²) < 4.78 is 4.80. The van der Waals surface area contributed by atoms with Crippen molar-refractivity contribution in [3.63, 3.8) is 0 Å². The summed E-state index contributed by atoms with van der Waals surface area (Å²) in [7, 11) is 0. The van der Waals surface area contributed by atoms with Crippen LogP contribution in [0.25, 0.3) is 0 Å². The van der Waals surface area contributed by atoms with E-state index in [4.69, 9.17) is 20.1 Å².